The molecule has 0 aromatic rings. The molecule has 54 valence electrons. The zero-order valence-corrected chi connectivity index (χ0v) is 6.35. The lowest BCUT2D eigenvalue weighted by Gasteiger charge is -2.10. The van der Waals surface area contributed by atoms with Crippen molar-refractivity contribution >= 4 is 0 Å². The molecule has 0 aliphatic heterocycles. The standard InChI is InChI=1S/C7H16N2/c1-4-5-6-7-8-9(2)3/h4,8H,1,5-7H2,2-3H3. The highest BCUT2D eigenvalue weighted by Crippen LogP contribution is 1.85. The topological polar surface area (TPSA) is 15.3 Å². The smallest absolute Gasteiger partial charge is 0.0105 e. The molecule has 2 nitrogen and oxygen atoms in total. The van der Waals surface area contributed by atoms with E-state index in [0.29, 0.717) is 0 Å². The first kappa shape index (κ1) is 8.66. The van der Waals surface area contributed by atoms with E-state index in [4.69, 9.17) is 0 Å². The Kier molecular flexibility index (Phi) is 5.57. The number of hydrazine groups is 1. The highest BCUT2D eigenvalue weighted by molar-refractivity contribution is 4.65. The monoisotopic (exact) mass is 128 g/mol. The van der Waals surface area contributed by atoms with Gasteiger partial charge >= 0.3 is 0 Å². The first-order chi connectivity index (χ1) is 4.27. The summed E-state index contributed by atoms with van der Waals surface area (Å²) in [6, 6.07) is 0. The van der Waals surface area contributed by atoms with Gasteiger partial charge in [0.1, 0.15) is 0 Å². The molecule has 0 fully saturated rings. The van der Waals surface area contributed by atoms with E-state index in [0.717, 1.165) is 13.0 Å². The molecule has 0 aliphatic rings. The summed E-state index contributed by atoms with van der Waals surface area (Å²) in [4.78, 5) is 0. The quantitative estimate of drug-likeness (QED) is 0.338. The van der Waals surface area contributed by atoms with E-state index in [2.05, 4.69) is 12.0 Å². The summed E-state index contributed by atoms with van der Waals surface area (Å²) in [6.45, 7) is 4.68. The Morgan fingerprint density at radius 2 is 2.22 bits per heavy atom. The molecule has 0 spiro atoms. The fourth-order valence-electron chi connectivity index (χ4n) is 0.549. The van der Waals surface area contributed by atoms with Gasteiger partial charge in [0.15, 0.2) is 0 Å². The lowest BCUT2D eigenvalue weighted by molar-refractivity contribution is 0.289. The minimum atomic E-state index is 1.04. The third-order valence-electron chi connectivity index (χ3n) is 1.01. The van der Waals surface area contributed by atoms with E-state index in [1.54, 1.807) is 0 Å². The molecule has 0 saturated carbocycles. The molecule has 0 bridgehead atoms. The molecule has 0 unspecified atom stereocenters. The predicted octanol–water partition coefficient (Wildman–Crippen LogP) is 1.02. The van der Waals surface area contributed by atoms with E-state index < -0.39 is 0 Å². The van der Waals surface area contributed by atoms with Crippen molar-refractivity contribution in [1.82, 2.24) is 10.4 Å². The zero-order chi connectivity index (χ0) is 7.11. The molecule has 9 heavy (non-hydrogen) atoms. The van der Waals surface area contributed by atoms with Crippen LogP contribution in [0.25, 0.3) is 0 Å². The van der Waals surface area contributed by atoms with Gasteiger partial charge in [-0.15, -0.1) is 6.58 Å². The second-order valence-electron chi connectivity index (χ2n) is 2.23. The number of rotatable bonds is 5. The van der Waals surface area contributed by atoms with Crippen molar-refractivity contribution in [2.24, 2.45) is 0 Å². The Hall–Kier alpha value is -0.340. The lowest BCUT2D eigenvalue weighted by atomic mass is 10.3. The Morgan fingerprint density at radius 1 is 1.56 bits per heavy atom. The van der Waals surface area contributed by atoms with Crippen LogP contribution < -0.4 is 5.43 Å². The van der Waals surface area contributed by atoms with Crippen molar-refractivity contribution in [2.75, 3.05) is 20.6 Å². The van der Waals surface area contributed by atoms with Crippen LogP contribution in [0.3, 0.4) is 0 Å². The number of hydrogen-bond donors (Lipinski definition) is 1. The van der Waals surface area contributed by atoms with Crippen molar-refractivity contribution in [3.05, 3.63) is 12.7 Å². The summed E-state index contributed by atoms with van der Waals surface area (Å²) in [6.07, 6.45) is 4.21. The molecule has 0 atom stereocenters. The number of nitrogens with zero attached hydrogens (tertiary/aromatic N) is 1. The van der Waals surface area contributed by atoms with Crippen LogP contribution in [0.15, 0.2) is 12.7 Å². The van der Waals surface area contributed by atoms with Crippen LogP contribution >= 0.6 is 0 Å². The largest absolute Gasteiger partial charge is 0.256 e. The highest BCUT2D eigenvalue weighted by Gasteiger charge is 1.84. The summed E-state index contributed by atoms with van der Waals surface area (Å²) in [7, 11) is 3.99. The summed E-state index contributed by atoms with van der Waals surface area (Å²) in [5, 5.41) is 1.96. The second-order valence-corrected chi connectivity index (χ2v) is 2.23. The van der Waals surface area contributed by atoms with Crippen LogP contribution in [0.2, 0.25) is 0 Å². The van der Waals surface area contributed by atoms with Crippen LogP contribution in [-0.2, 0) is 0 Å². The third kappa shape index (κ3) is 7.66. The summed E-state index contributed by atoms with van der Waals surface area (Å²) in [5.74, 6) is 0. The zero-order valence-electron chi connectivity index (χ0n) is 6.35. The van der Waals surface area contributed by atoms with Crippen molar-refractivity contribution < 1.29 is 0 Å². The van der Waals surface area contributed by atoms with Crippen LogP contribution in [0.4, 0.5) is 0 Å². The maximum Gasteiger partial charge on any atom is 0.0105 e. The number of hydrogen-bond acceptors (Lipinski definition) is 2. The molecule has 1 N–H and O–H groups in total. The van der Waals surface area contributed by atoms with Crippen molar-refractivity contribution in [1.29, 1.82) is 0 Å². The molecule has 0 radical (unpaired) electrons. The summed E-state index contributed by atoms with van der Waals surface area (Å²) >= 11 is 0. The molecular weight excluding hydrogens is 112 g/mol. The van der Waals surface area contributed by atoms with Gasteiger partial charge in [0.05, 0.1) is 0 Å². The fourth-order valence-corrected chi connectivity index (χ4v) is 0.549. The maximum absolute atomic E-state index is 3.64. The Balaban J connectivity index is 2.82. The van der Waals surface area contributed by atoms with E-state index in [9.17, 15) is 0 Å². The van der Waals surface area contributed by atoms with Gasteiger partial charge in [0, 0.05) is 20.6 Å². The Morgan fingerprint density at radius 3 is 2.67 bits per heavy atom. The Labute approximate surface area is 57.5 Å². The molecular formula is C7H16N2. The first-order valence-electron chi connectivity index (χ1n) is 3.29. The van der Waals surface area contributed by atoms with Gasteiger partial charge in [0.2, 0.25) is 0 Å². The normalized spacial score (nSPS) is 10.1. The predicted molar refractivity (Wildman–Crippen MR) is 41.1 cm³/mol. The van der Waals surface area contributed by atoms with Crippen LogP contribution in [0.1, 0.15) is 12.8 Å². The number of allylic oxidation sites excluding steroid dienone is 1. The fraction of sp³-hybridized carbons (Fsp3) is 0.714. The van der Waals surface area contributed by atoms with Crippen molar-refractivity contribution in [2.45, 2.75) is 12.8 Å². The van der Waals surface area contributed by atoms with Gasteiger partial charge in [-0.3, -0.25) is 10.4 Å². The number of nitrogens with one attached hydrogen (secondary N) is 1. The molecule has 0 aromatic heterocycles. The minimum Gasteiger partial charge on any atom is -0.256 e. The van der Waals surface area contributed by atoms with Crippen LogP contribution in [0, 0.1) is 0 Å². The van der Waals surface area contributed by atoms with Gasteiger partial charge in [-0.2, -0.15) is 0 Å². The second kappa shape index (κ2) is 5.79. The molecule has 0 heterocycles. The van der Waals surface area contributed by atoms with Gasteiger partial charge in [-0.25, -0.2) is 0 Å². The number of unbranched alkanes of at least 4 members (excludes halogenated alkanes) is 1. The van der Waals surface area contributed by atoms with Crippen molar-refractivity contribution in [3.8, 4) is 0 Å². The van der Waals surface area contributed by atoms with E-state index >= 15 is 0 Å². The van der Waals surface area contributed by atoms with Crippen LogP contribution in [0.5, 0.6) is 0 Å². The van der Waals surface area contributed by atoms with E-state index in [1.807, 2.05) is 25.2 Å². The van der Waals surface area contributed by atoms with E-state index in [1.165, 1.54) is 6.42 Å². The van der Waals surface area contributed by atoms with Crippen molar-refractivity contribution in [3.63, 3.8) is 0 Å². The molecule has 2 heteroatoms. The molecule has 0 amide bonds. The highest BCUT2D eigenvalue weighted by atomic mass is 15.5. The third-order valence-corrected chi connectivity index (χ3v) is 1.01. The van der Waals surface area contributed by atoms with E-state index in [-0.39, 0.29) is 0 Å². The summed E-state index contributed by atoms with van der Waals surface area (Å²) < 4.78 is 0. The SMILES string of the molecule is C=CCCCNN(C)C. The average Bonchev–Trinajstić information content (AvgIpc) is 1.80. The first-order valence-corrected chi connectivity index (χ1v) is 3.29. The summed E-state index contributed by atoms with van der Waals surface area (Å²) in [5.41, 5.74) is 3.17. The molecule has 0 saturated heterocycles. The molecule has 0 aliphatic carbocycles. The molecule has 0 aromatic carbocycles. The minimum absolute atomic E-state index is 1.04. The maximum atomic E-state index is 3.64. The van der Waals surface area contributed by atoms with Crippen LogP contribution in [-0.4, -0.2) is 25.6 Å². The van der Waals surface area contributed by atoms with Gasteiger partial charge in [-0.1, -0.05) is 6.08 Å². The lowest BCUT2D eigenvalue weighted by Crippen LogP contribution is -2.30. The van der Waals surface area contributed by atoms with Gasteiger partial charge in [-0.05, 0) is 12.8 Å². The molecule has 0 rings (SSSR count). The average molecular weight is 128 g/mol. The Bertz CT molecular complexity index is 69.3. The van der Waals surface area contributed by atoms with Gasteiger partial charge in [0.25, 0.3) is 0 Å². The van der Waals surface area contributed by atoms with Gasteiger partial charge < -0.3 is 0 Å².